The molecule has 0 heterocycles. The lowest BCUT2D eigenvalue weighted by Crippen LogP contribution is -2.06. The van der Waals surface area contributed by atoms with Crippen molar-refractivity contribution >= 4 is 23.2 Å². The third-order valence-corrected chi connectivity index (χ3v) is 2.39. The van der Waals surface area contributed by atoms with Crippen LogP contribution in [0.2, 0.25) is 0 Å². The fourth-order valence-corrected chi connectivity index (χ4v) is 1.22. The van der Waals surface area contributed by atoms with E-state index in [9.17, 15) is 0 Å². The molecule has 4 heteroatoms. The molecule has 0 aromatic carbocycles. The van der Waals surface area contributed by atoms with Crippen LogP contribution in [-0.2, 0) is 0 Å². The normalized spacial score (nSPS) is 16.0. The Morgan fingerprint density at radius 1 is 0.833 bits per heavy atom. The average Bonchev–Trinajstić information content (AvgIpc) is 2.11. The van der Waals surface area contributed by atoms with E-state index in [1.807, 2.05) is 0 Å². The van der Waals surface area contributed by atoms with Crippen LogP contribution < -0.4 is 0 Å². The quantitative estimate of drug-likeness (QED) is 0.501. The molecule has 2 N–H and O–H groups in total. The van der Waals surface area contributed by atoms with Gasteiger partial charge in [0.15, 0.2) is 0 Å². The van der Waals surface area contributed by atoms with Gasteiger partial charge in [0.1, 0.15) is 0 Å². The summed E-state index contributed by atoms with van der Waals surface area (Å²) in [7, 11) is 0. The third kappa shape index (κ3) is 7.17. The molecular formula is C8H16Cl2O2. The van der Waals surface area contributed by atoms with Crippen molar-refractivity contribution in [1.29, 1.82) is 0 Å². The van der Waals surface area contributed by atoms with E-state index in [4.69, 9.17) is 33.4 Å². The zero-order valence-electron chi connectivity index (χ0n) is 7.05. The first-order valence-electron chi connectivity index (χ1n) is 4.20. The standard InChI is InChI=1S/C8H16Cl2O2/c9-7(5-11)3-1-2-4-8(10)6-12/h7-8,11-12H,1-6H2/t7-,8-/m0/s1. The Labute approximate surface area is 83.5 Å². The van der Waals surface area contributed by atoms with Crippen molar-refractivity contribution in [2.24, 2.45) is 0 Å². The number of alkyl halides is 2. The summed E-state index contributed by atoms with van der Waals surface area (Å²) < 4.78 is 0. The Kier molecular flexibility index (Phi) is 8.45. The molecule has 0 bridgehead atoms. The second-order valence-corrected chi connectivity index (χ2v) is 4.08. The maximum Gasteiger partial charge on any atom is 0.0595 e. The summed E-state index contributed by atoms with van der Waals surface area (Å²) in [5, 5.41) is 16.9. The molecule has 12 heavy (non-hydrogen) atoms. The molecule has 2 atom stereocenters. The molecule has 0 aromatic rings. The van der Waals surface area contributed by atoms with E-state index in [2.05, 4.69) is 0 Å². The van der Waals surface area contributed by atoms with Gasteiger partial charge in [-0.2, -0.15) is 0 Å². The SMILES string of the molecule is OC[C@@H](Cl)CCCC[C@H](Cl)CO. The number of hydrogen-bond acceptors (Lipinski definition) is 2. The summed E-state index contributed by atoms with van der Waals surface area (Å²) in [6, 6.07) is 0. The van der Waals surface area contributed by atoms with Crippen LogP contribution in [0.15, 0.2) is 0 Å². The smallest absolute Gasteiger partial charge is 0.0595 e. The molecule has 0 saturated carbocycles. The van der Waals surface area contributed by atoms with Gasteiger partial charge in [-0.25, -0.2) is 0 Å². The number of aliphatic hydroxyl groups excluding tert-OH is 2. The first-order chi connectivity index (χ1) is 5.70. The van der Waals surface area contributed by atoms with Crippen LogP contribution in [-0.4, -0.2) is 34.2 Å². The molecular weight excluding hydrogens is 199 g/mol. The van der Waals surface area contributed by atoms with Crippen LogP contribution in [0.5, 0.6) is 0 Å². The van der Waals surface area contributed by atoms with Crippen LogP contribution >= 0.6 is 23.2 Å². The summed E-state index contributed by atoms with van der Waals surface area (Å²) >= 11 is 11.4. The molecule has 0 aliphatic heterocycles. The van der Waals surface area contributed by atoms with Crippen LogP contribution in [0.25, 0.3) is 0 Å². The molecule has 74 valence electrons. The van der Waals surface area contributed by atoms with Gasteiger partial charge >= 0.3 is 0 Å². The van der Waals surface area contributed by atoms with Crippen LogP contribution in [0, 0.1) is 0 Å². The van der Waals surface area contributed by atoms with Crippen LogP contribution in [0.1, 0.15) is 25.7 Å². The largest absolute Gasteiger partial charge is 0.395 e. The topological polar surface area (TPSA) is 40.5 Å². The molecule has 0 spiro atoms. The molecule has 0 unspecified atom stereocenters. The number of rotatable bonds is 7. The molecule has 0 rings (SSSR count). The summed E-state index contributed by atoms with van der Waals surface area (Å²) in [6.07, 6.45) is 3.54. The number of unbranched alkanes of at least 4 members (excludes halogenated alkanes) is 1. The van der Waals surface area contributed by atoms with E-state index in [0.717, 1.165) is 25.7 Å². The second-order valence-electron chi connectivity index (χ2n) is 2.84. The van der Waals surface area contributed by atoms with Gasteiger partial charge in [0.05, 0.1) is 24.0 Å². The maximum atomic E-state index is 8.59. The predicted octanol–water partition coefficient (Wildman–Crippen LogP) is 1.75. The summed E-state index contributed by atoms with van der Waals surface area (Å²) in [5.74, 6) is 0. The van der Waals surface area contributed by atoms with Crippen molar-refractivity contribution in [3.05, 3.63) is 0 Å². The van der Waals surface area contributed by atoms with E-state index in [1.165, 1.54) is 0 Å². The van der Waals surface area contributed by atoms with Crippen molar-refractivity contribution < 1.29 is 10.2 Å². The molecule has 0 aliphatic carbocycles. The van der Waals surface area contributed by atoms with Gasteiger partial charge in [0.2, 0.25) is 0 Å². The lowest BCUT2D eigenvalue weighted by Gasteiger charge is -2.07. The Morgan fingerprint density at radius 2 is 1.17 bits per heavy atom. The minimum absolute atomic E-state index is 0.0336. The van der Waals surface area contributed by atoms with Gasteiger partial charge in [-0.3, -0.25) is 0 Å². The zero-order chi connectivity index (χ0) is 9.40. The lowest BCUT2D eigenvalue weighted by molar-refractivity contribution is 0.279. The first-order valence-corrected chi connectivity index (χ1v) is 5.07. The Balaban J connectivity index is 3.10. The van der Waals surface area contributed by atoms with E-state index in [1.54, 1.807) is 0 Å². The fraction of sp³-hybridized carbons (Fsp3) is 1.00. The summed E-state index contributed by atoms with van der Waals surface area (Å²) in [4.78, 5) is 0. The zero-order valence-corrected chi connectivity index (χ0v) is 8.56. The monoisotopic (exact) mass is 214 g/mol. The summed E-state index contributed by atoms with van der Waals surface area (Å²) in [6.45, 7) is 0.0672. The van der Waals surface area contributed by atoms with Crippen molar-refractivity contribution in [3.63, 3.8) is 0 Å². The van der Waals surface area contributed by atoms with Crippen molar-refractivity contribution in [2.75, 3.05) is 13.2 Å². The average molecular weight is 215 g/mol. The van der Waals surface area contributed by atoms with Gasteiger partial charge in [0, 0.05) is 0 Å². The van der Waals surface area contributed by atoms with Gasteiger partial charge in [-0.15, -0.1) is 23.2 Å². The lowest BCUT2D eigenvalue weighted by atomic mass is 10.1. The minimum Gasteiger partial charge on any atom is -0.395 e. The number of hydrogen-bond donors (Lipinski definition) is 2. The third-order valence-electron chi connectivity index (χ3n) is 1.68. The Hall–Kier alpha value is 0.500. The van der Waals surface area contributed by atoms with E-state index in [-0.39, 0.29) is 24.0 Å². The van der Waals surface area contributed by atoms with Crippen molar-refractivity contribution in [1.82, 2.24) is 0 Å². The summed E-state index contributed by atoms with van der Waals surface area (Å²) in [5.41, 5.74) is 0. The molecule has 2 nitrogen and oxygen atoms in total. The molecule has 0 saturated heterocycles. The molecule has 0 radical (unpaired) electrons. The highest BCUT2D eigenvalue weighted by Gasteiger charge is 2.04. The van der Waals surface area contributed by atoms with Gasteiger partial charge in [-0.05, 0) is 12.8 Å². The van der Waals surface area contributed by atoms with E-state index in [0.29, 0.717) is 0 Å². The van der Waals surface area contributed by atoms with Gasteiger partial charge in [0.25, 0.3) is 0 Å². The highest BCUT2D eigenvalue weighted by Crippen LogP contribution is 2.12. The first kappa shape index (κ1) is 12.5. The van der Waals surface area contributed by atoms with Gasteiger partial charge in [-0.1, -0.05) is 12.8 Å². The van der Waals surface area contributed by atoms with E-state index < -0.39 is 0 Å². The van der Waals surface area contributed by atoms with Crippen LogP contribution in [0.4, 0.5) is 0 Å². The van der Waals surface area contributed by atoms with Crippen molar-refractivity contribution in [3.8, 4) is 0 Å². The highest BCUT2D eigenvalue weighted by molar-refractivity contribution is 6.20. The van der Waals surface area contributed by atoms with Crippen molar-refractivity contribution in [2.45, 2.75) is 36.4 Å². The highest BCUT2D eigenvalue weighted by atomic mass is 35.5. The molecule has 0 aliphatic rings. The Bertz CT molecular complexity index is 89.1. The minimum atomic E-state index is -0.132. The number of aliphatic hydroxyl groups is 2. The predicted molar refractivity (Wildman–Crippen MR) is 51.9 cm³/mol. The van der Waals surface area contributed by atoms with E-state index >= 15 is 0 Å². The van der Waals surface area contributed by atoms with Crippen LogP contribution in [0.3, 0.4) is 0 Å². The molecule has 0 amide bonds. The Morgan fingerprint density at radius 3 is 1.42 bits per heavy atom. The van der Waals surface area contributed by atoms with Gasteiger partial charge < -0.3 is 10.2 Å². The number of halogens is 2. The molecule has 0 fully saturated rings. The second kappa shape index (κ2) is 8.11. The maximum absolute atomic E-state index is 8.59. The fourth-order valence-electron chi connectivity index (χ4n) is 0.914. The molecule has 0 aromatic heterocycles.